The number of aliphatic hydroxyl groups is 2. The Labute approximate surface area is 225 Å². The summed E-state index contributed by atoms with van der Waals surface area (Å²) in [6.45, 7) is 9.46. The highest BCUT2D eigenvalue weighted by Gasteiger charge is 2.28. The Balaban J connectivity index is 1.14. The van der Waals surface area contributed by atoms with E-state index in [1.807, 2.05) is 26.0 Å². The van der Waals surface area contributed by atoms with Crippen molar-refractivity contribution in [1.82, 2.24) is 14.7 Å². The molecule has 0 aromatic heterocycles. The average molecular weight is 524 g/mol. The molecular weight excluding hydrogens is 482 g/mol. The first-order valence-electron chi connectivity index (χ1n) is 13.9. The van der Waals surface area contributed by atoms with Crippen LogP contribution >= 0.6 is 0 Å². The number of ether oxygens (including phenoxy) is 2. The fraction of sp³-hybridized carbons (Fsp3) is 0.567. The van der Waals surface area contributed by atoms with Crippen LogP contribution in [0.25, 0.3) is 0 Å². The summed E-state index contributed by atoms with van der Waals surface area (Å²) in [6.07, 6.45) is 2.23. The first-order valence-corrected chi connectivity index (χ1v) is 13.9. The number of piperidine rings is 1. The molecule has 1 saturated heterocycles. The van der Waals surface area contributed by atoms with Gasteiger partial charge in [0.1, 0.15) is 24.2 Å². The normalized spacial score (nSPS) is 20.3. The van der Waals surface area contributed by atoms with Crippen molar-refractivity contribution < 1.29 is 24.5 Å². The minimum atomic E-state index is -0.696. The van der Waals surface area contributed by atoms with Gasteiger partial charge in [0.25, 0.3) is 5.91 Å². The fourth-order valence-electron chi connectivity index (χ4n) is 5.83. The number of amides is 1. The van der Waals surface area contributed by atoms with E-state index in [2.05, 4.69) is 34.1 Å². The van der Waals surface area contributed by atoms with Crippen molar-refractivity contribution in [2.24, 2.45) is 0 Å². The minimum absolute atomic E-state index is 0.0981. The maximum Gasteiger partial charge on any atom is 0.257 e. The molecule has 2 N–H and O–H groups in total. The van der Waals surface area contributed by atoms with Crippen LogP contribution in [0.1, 0.15) is 48.2 Å². The molecule has 0 saturated carbocycles. The Hall–Kier alpha value is -2.65. The van der Waals surface area contributed by atoms with Crippen LogP contribution in [0.5, 0.6) is 11.5 Å². The summed E-state index contributed by atoms with van der Waals surface area (Å²) in [6, 6.07) is 13.9. The number of benzene rings is 2. The quantitative estimate of drug-likeness (QED) is 0.550. The zero-order valence-corrected chi connectivity index (χ0v) is 22.6. The molecule has 1 amide bonds. The number of aliphatic hydroxyl groups excluding tert-OH is 1. The van der Waals surface area contributed by atoms with Crippen molar-refractivity contribution in [3.05, 3.63) is 59.2 Å². The molecule has 1 atom stereocenters. The van der Waals surface area contributed by atoms with Gasteiger partial charge in [-0.15, -0.1) is 0 Å². The summed E-state index contributed by atoms with van der Waals surface area (Å²) in [5, 5.41) is 20.9. The standard InChI is InChI=1S/C30H41N3O5/c1-30(2,36)21-31-13-10-25(11-14-31)38-26-7-8-27-28(17-26)37-16-15-33(29(27)35)20-24(34)19-32-12-9-22-5-3-4-6-23(22)18-32/h3-8,17,24-25,34,36H,9-16,18-21H2,1-2H3. The first kappa shape index (κ1) is 26.9. The predicted molar refractivity (Wildman–Crippen MR) is 146 cm³/mol. The van der Waals surface area contributed by atoms with E-state index in [-0.39, 0.29) is 18.6 Å². The number of likely N-dealkylation sites (tertiary alicyclic amines) is 1. The van der Waals surface area contributed by atoms with Gasteiger partial charge in [0.05, 0.1) is 23.8 Å². The van der Waals surface area contributed by atoms with Gasteiger partial charge in [0.2, 0.25) is 0 Å². The molecule has 1 fully saturated rings. The van der Waals surface area contributed by atoms with E-state index in [0.29, 0.717) is 43.3 Å². The molecule has 8 heteroatoms. The Morgan fingerprint density at radius 1 is 1.03 bits per heavy atom. The minimum Gasteiger partial charge on any atom is -0.491 e. The molecule has 3 aliphatic rings. The predicted octanol–water partition coefficient (Wildman–Crippen LogP) is 2.55. The van der Waals surface area contributed by atoms with Gasteiger partial charge < -0.3 is 29.5 Å². The number of carbonyl (C=O) groups is 1. The number of rotatable bonds is 8. The molecule has 0 radical (unpaired) electrons. The summed E-state index contributed by atoms with van der Waals surface area (Å²) in [5.41, 5.74) is 2.51. The maximum atomic E-state index is 13.3. The molecule has 206 valence electrons. The molecule has 3 heterocycles. The molecule has 0 aliphatic carbocycles. The topological polar surface area (TPSA) is 85.7 Å². The summed E-state index contributed by atoms with van der Waals surface area (Å²) in [5.74, 6) is 1.12. The molecule has 0 spiro atoms. The summed E-state index contributed by atoms with van der Waals surface area (Å²) in [7, 11) is 0. The second kappa shape index (κ2) is 11.6. The van der Waals surface area contributed by atoms with E-state index in [1.54, 1.807) is 11.0 Å². The van der Waals surface area contributed by atoms with Crippen LogP contribution in [-0.4, -0.2) is 101 Å². The molecule has 5 rings (SSSR count). The number of carbonyl (C=O) groups excluding carboxylic acids is 1. The molecule has 8 nitrogen and oxygen atoms in total. The Morgan fingerprint density at radius 2 is 1.79 bits per heavy atom. The molecule has 3 aliphatic heterocycles. The zero-order chi connectivity index (χ0) is 26.7. The summed E-state index contributed by atoms with van der Waals surface area (Å²) in [4.78, 5) is 19.6. The highest BCUT2D eigenvalue weighted by Crippen LogP contribution is 2.30. The lowest BCUT2D eigenvalue weighted by atomic mass is 10.00. The van der Waals surface area contributed by atoms with E-state index in [4.69, 9.17) is 9.47 Å². The van der Waals surface area contributed by atoms with Crippen LogP contribution < -0.4 is 9.47 Å². The van der Waals surface area contributed by atoms with Crippen LogP contribution in [0.15, 0.2) is 42.5 Å². The molecule has 38 heavy (non-hydrogen) atoms. The second-order valence-electron chi connectivity index (χ2n) is 11.6. The molecule has 2 aromatic carbocycles. The largest absolute Gasteiger partial charge is 0.491 e. The van der Waals surface area contributed by atoms with Crippen LogP contribution in [0.4, 0.5) is 0 Å². The fourth-order valence-corrected chi connectivity index (χ4v) is 5.83. The van der Waals surface area contributed by atoms with E-state index in [0.717, 1.165) is 45.4 Å². The van der Waals surface area contributed by atoms with Crippen LogP contribution in [0, 0.1) is 0 Å². The summed E-state index contributed by atoms with van der Waals surface area (Å²) >= 11 is 0. The van der Waals surface area contributed by atoms with Crippen molar-refractivity contribution in [2.75, 3.05) is 52.4 Å². The van der Waals surface area contributed by atoms with Crippen LogP contribution in [0.3, 0.4) is 0 Å². The van der Waals surface area contributed by atoms with Crippen molar-refractivity contribution in [3.63, 3.8) is 0 Å². The van der Waals surface area contributed by atoms with Gasteiger partial charge in [-0.1, -0.05) is 24.3 Å². The molecule has 0 bridgehead atoms. The molecule has 1 unspecified atom stereocenters. The van der Waals surface area contributed by atoms with Gasteiger partial charge in [-0.25, -0.2) is 0 Å². The lowest BCUT2D eigenvalue weighted by molar-refractivity contribution is 0.0140. The summed E-state index contributed by atoms with van der Waals surface area (Å²) < 4.78 is 12.2. The van der Waals surface area contributed by atoms with E-state index in [9.17, 15) is 15.0 Å². The number of β-amino-alcohol motifs (C(OH)–C–C–N with tert-alkyl or cyclic N) is 2. The zero-order valence-electron chi connectivity index (χ0n) is 22.6. The Bertz CT molecular complexity index is 1110. The van der Waals surface area contributed by atoms with Crippen molar-refractivity contribution in [2.45, 2.75) is 57.5 Å². The SMILES string of the molecule is CC(C)(O)CN1CCC(Oc2ccc3c(c2)OCCN(CC(O)CN2CCc4ccccc4C2)C3=O)CC1. The van der Waals surface area contributed by atoms with E-state index >= 15 is 0 Å². The number of hydrogen-bond donors (Lipinski definition) is 2. The Morgan fingerprint density at radius 3 is 2.55 bits per heavy atom. The third-order valence-corrected chi connectivity index (χ3v) is 7.65. The lowest BCUT2D eigenvalue weighted by Crippen LogP contribution is -2.45. The van der Waals surface area contributed by atoms with Crippen LogP contribution in [-0.2, 0) is 13.0 Å². The maximum absolute atomic E-state index is 13.3. The van der Waals surface area contributed by atoms with Crippen molar-refractivity contribution in [3.8, 4) is 11.5 Å². The van der Waals surface area contributed by atoms with Gasteiger partial charge in [-0.2, -0.15) is 0 Å². The van der Waals surface area contributed by atoms with Gasteiger partial charge in [0.15, 0.2) is 0 Å². The number of nitrogens with zero attached hydrogens (tertiary/aromatic N) is 3. The van der Waals surface area contributed by atoms with Gasteiger partial charge in [-0.05, 0) is 56.4 Å². The van der Waals surface area contributed by atoms with Crippen molar-refractivity contribution >= 4 is 5.91 Å². The third-order valence-electron chi connectivity index (χ3n) is 7.65. The average Bonchev–Trinajstić information content (AvgIpc) is 3.02. The number of fused-ring (bicyclic) bond motifs is 2. The van der Waals surface area contributed by atoms with Crippen molar-refractivity contribution in [1.29, 1.82) is 0 Å². The highest BCUT2D eigenvalue weighted by molar-refractivity contribution is 5.97. The Kier molecular flexibility index (Phi) is 8.23. The van der Waals surface area contributed by atoms with E-state index < -0.39 is 11.7 Å². The monoisotopic (exact) mass is 523 g/mol. The van der Waals surface area contributed by atoms with Gasteiger partial charge >= 0.3 is 0 Å². The molecule has 2 aromatic rings. The molecular formula is C30H41N3O5. The highest BCUT2D eigenvalue weighted by atomic mass is 16.5. The number of hydrogen-bond acceptors (Lipinski definition) is 7. The lowest BCUT2D eigenvalue weighted by Gasteiger charge is -2.35. The van der Waals surface area contributed by atoms with Gasteiger partial charge in [-0.3, -0.25) is 9.69 Å². The van der Waals surface area contributed by atoms with Gasteiger partial charge in [0, 0.05) is 51.9 Å². The third kappa shape index (κ3) is 6.86. The smallest absolute Gasteiger partial charge is 0.257 e. The van der Waals surface area contributed by atoms with E-state index in [1.165, 1.54) is 11.1 Å². The van der Waals surface area contributed by atoms with Crippen LogP contribution in [0.2, 0.25) is 0 Å². The first-order chi connectivity index (χ1) is 18.2. The second-order valence-corrected chi connectivity index (χ2v) is 11.6.